The lowest BCUT2D eigenvalue weighted by Gasteiger charge is -0.270. The Labute approximate surface area is 74.0 Å². The smallest absolute Gasteiger partial charge is 0.0776 e. The Morgan fingerprint density at radius 2 is 0.167 bits per heavy atom. The molecule has 6 heteroatoms. The predicted molar refractivity (Wildman–Crippen MR) is 55.4 cm³/mol. The zero-order valence-corrected chi connectivity index (χ0v) is 2.45. The van der Waals surface area contributed by atoms with Gasteiger partial charge in [0.05, 0.1) is 0 Å². The summed E-state index contributed by atoms with van der Waals surface area (Å²) in [6.07, 6.45) is 0. The van der Waals surface area contributed by atoms with Crippen LogP contribution < -0.4 is 0 Å². The third kappa shape index (κ3) is 4000. The highest BCUT2D eigenvalue weighted by molar-refractivity contribution is 2.51. The summed E-state index contributed by atoms with van der Waals surface area (Å²) in [5.74, 6) is 0. The topological polar surface area (TPSA) is 0 Å². The standard InChI is InChI=1S/6CH4.6FH/h6*1H4;6*1H. The Kier molecular flexibility index (Phi) is 3370000. The van der Waals surface area contributed by atoms with Crippen LogP contribution in [0, 0.1) is 0 Å². The normalized spacial score (nSPS) is 0. The molecule has 0 heterocycles. The molecule has 0 aliphatic rings. The molecule has 0 aromatic rings. The Balaban J connectivity index is 0. The maximum absolute atomic E-state index is 0. The van der Waals surface area contributed by atoms with E-state index in [1.807, 2.05) is 0 Å². The Bertz CT molecular complexity index is 12.0. The molecule has 0 saturated heterocycles. The lowest BCUT2D eigenvalue weighted by molar-refractivity contribution is 1.11. The molecule has 0 nitrogen and oxygen atoms in total. The molecule has 0 aromatic heterocycles. The minimum atomic E-state index is 0. The van der Waals surface area contributed by atoms with E-state index in [0.29, 0.717) is 0 Å². The molecule has 0 unspecified atom stereocenters. The number of hydrogen-bond acceptors (Lipinski definition) is 0. The Hall–Kier alpha value is -0.420. The molecule has 0 aromatic carbocycles. The fraction of sp³-hybridized carbons (Fsp3) is 1.00. The van der Waals surface area contributed by atoms with E-state index >= 15 is 0 Å². The summed E-state index contributed by atoms with van der Waals surface area (Å²) in [7, 11) is 0. The molecule has 0 aliphatic heterocycles. The highest BCUT2D eigenvalue weighted by Crippen LogP contribution is 0.425. The minimum absolute atomic E-state index is 0. The summed E-state index contributed by atoms with van der Waals surface area (Å²) in [4.78, 5) is 0. The van der Waals surface area contributed by atoms with Crippen molar-refractivity contribution in [1.29, 1.82) is 0 Å². The number of rotatable bonds is 0. The second-order valence-electron chi connectivity index (χ2n) is 0. The SMILES string of the molecule is C.C.C.C.C.C.F.F.F.F.F.F. The van der Waals surface area contributed by atoms with Gasteiger partial charge in [-0.3, -0.25) is 28.2 Å². The zero-order valence-electron chi connectivity index (χ0n) is 2.45. The first-order chi connectivity index (χ1) is 0. The lowest BCUT2D eigenvalue weighted by Crippen LogP contribution is 0.143. The fourth-order valence-electron chi connectivity index (χ4n) is 0. The highest BCUT2D eigenvalue weighted by atomic mass is 19.0. The molecule has 0 rings (SSSR count). The molecule has 0 N–H and O–H groups in total. The third-order valence-electron chi connectivity index (χ3n) is 0. The van der Waals surface area contributed by atoms with Gasteiger partial charge in [0.15, 0.2) is 0 Å². The van der Waals surface area contributed by atoms with Crippen LogP contribution in [0.2, 0.25) is 0 Å². The predicted octanol–water partition coefficient (Wildman–Crippen LogP) is 4.73. The summed E-state index contributed by atoms with van der Waals surface area (Å²) in [5.41, 5.74) is 0. The van der Waals surface area contributed by atoms with Crippen LogP contribution in [-0.4, -0.2) is 0 Å². The summed E-state index contributed by atoms with van der Waals surface area (Å²) < 4.78 is 0. The molecular weight excluding hydrogens is 186 g/mol. The fourth-order valence-corrected chi connectivity index (χ4v) is 0. The molecule has 0 fully saturated rings. The van der Waals surface area contributed by atoms with Gasteiger partial charge >= 0.3 is 0 Å². The van der Waals surface area contributed by atoms with Crippen molar-refractivity contribution in [3.63, 3.8) is 0 Å². The number of halogens is 6. The molecule has 0 bridgehead atoms. The largest absolute Gasteiger partial charge is 0.269 e. The minimum Gasteiger partial charge on any atom is -0.269 e. The van der Waals surface area contributed by atoms with E-state index in [1.54, 1.807) is 0 Å². The monoisotopic (exact) mass is 216 g/mol. The van der Waals surface area contributed by atoms with Crippen LogP contribution in [-0.2, 0) is 0 Å². The van der Waals surface area contributed by atoms with Crippen molar-refractivity contribution >= 4 is 0 Å². The summed E-state index contributed by atoms with van der Waals surface area (Å²) in [6.45, 7) is 0. The van der Waals surface area contributed by atoms with Crippen LogP contribution in [0.4, 0.5) is 28.2 Å². The average molecular weight is 216 g/mol. The first-order valence-corrected chi connectivity index (χ1v) is 0. The molecule has 0 amide bonds. The molecular formula is C6H30F6. The quantitative estimate of drug-likeness (QED) is 0.513. The van der Waals surface area contributed by atoms with Gasteiger partial charge in [-0.25, -0.2) is 0 Å². The molecule has 0 atom stereocenters. The van der Waals surface area contributed by atoms with Gasteiger partial charge in [-0.15, -0.1) is 0 Å². The molecule has 12 heavy (non-hydrogen) atoms. The van der Waals surface area contributed by atoms with Crippen LogP contribution in [0.25, 0.3) is 0 Å². The first-order valence-electron chi connectivity index (χ1n) is 0. The van der Waals surface area contributed by atoms with Crippen molar-refractivity contribution < 1.29 is 28.2 Å². The summed E-state index contributed by atoms with van der Waals surface area (Å²) in [6, 6.07) is 0. The van der Waals surface area contributed by atoms with Gasteiger partial charge in [-0.1, -0.05) is 44.6 Å². The average Bonchev–Trinajstić information content (AvgIpc) is 0. The van der Waals surface area contributed by atoms with E-state index < -0.39 is 0 Å². The molecule has 0 spiro atoms. The van der Waals surface area contributed by atoms with Gasteiger partial charge < -0.3 is 0 Å². The van der Waals surface area contributed by atoms with Crippen LogP contribution in [0.3, 0.4) is 0 Å². The van der Waals surface area contributed by atoms with Crippen molar-refractivity contribution in [3.8, 4) is 0 Å². The molecule has 0 aliphatic carbocycles. The highest BCUT2D eigenvalue weighted by Gasteiger charge is -0.0724. The van der Waals surface area contributed by atoms with Gasteiger partial charge in [0.25, 0.3) is 0 Å². The van der Waals surface area contributed by atoms with E-state index in [9.17, 15) is 0 Å². The number of hydrogen-bond donors (Lipinski definition) is 0. The van der Waals surface area contributed by atoms with Gasteiger partial charge in [0.2, 0.25) is 0 Å². The van der Waals surface area contributed by atoms with E-state index in [-0.39, 0.29) is 72.8 Å². The third-order valence-corrected chi connectivity index (χ3v) is 0. The zero-order chi connectivity index (χ0) is 0. The van der Waals surface area contributed by atoms with Gasteiger partial charge in [-0.05, 0) is 0 Å². The second kappa shape index (κ2) is 5500. The maximum atomic E-state index is 0. The van der Waals surface area contributed by atoms with Crippen LogP contribution in [0.15, 0.2) is 0 Å². The van der Waals surface area contributed by atoms with Crippen LogP contribution in [0.1, 0.15) is 44.6 Å². The Morgan fingerprint density at radius 3 is 0.167 bits per heavy atom. The van der Waals surface area contributed by atoms with E-state index in [0.717, 1.165) is 0 Å². The van der Waals surface area contributed by atoms with Crippen molar-refractivity contribution in [1.82, 2.24) is 0 Å². The molecule has 96 valence electrons. The molecule has 0 saturated carbocycles. The van der Waals surface area contributed by atoms with Gasteiger partial charge in [0.1, 0.15) is 0 Å². The van der Waals surface area contributed by atoms with E-state index in [4.69, 9.17) is 0 Å². The van der Waals surface area contributed by atoms with Crippen LogP contribution in [0.5, 0.6) is 0 Å². The summed E-state index contributed by atoms with van der Waals surface area (Å²) >= 11 is 0. The van der Waals surface area contributed by atoms with E-state index in [1.165, 1.54) is 0 Å². The van der Waals surface area contributed by atoms with Crippen molar-refractivity contribution in [3.05, 3.63) is 0 Å². The first kappa shape index (κ1) is 7350. The van der Waals surface area contributed by atoms with Crippen molar-refractivity contribution in [2.75, 3.05) is 0 Å². The lowest BCUT2D eigenvalue weighted by atomic mass is 12.0. The summed E-state index contributed by atoms with van der Waals surface area (Å²) in [5, 5.41) is 0. The maximum Gasteiger partial charge on any atom is -0.0776 e. The molecule has 0 radical (unpaired) electrons. The van der Waals surface area contributed by atoms with Crippen molar-refractivity contribution in [2.24, 2.45) is 0 Å². The Morgan fingerprint density at radius 1 is 0.167 bits per heavy atom. The second-order valence-corrected chi connectivity index (χ2v) is 0. The van der Waals surface area contributed by atoms with Gasteiger partial charge in [-0.2, -0.15) is 0 Å². The van der Waals surface area contributed by atoms with Gasteiger partial charge in [0, 0.05) is 0 Å². The van der Waals surface area contributed by atoms with E-state index in [2.05, 4.69) is 0 Å². The van der Waals surface area contributed by atoms with Crippen molar-refractivity contribution in [2.45, 2.75) is 44.6 Å². The van der Waals surface area contributed by atoms with Crippen LogP contribution >= 0.6 is 0 Å².